The number of benzene rings is 2. The lowest BCUT2D eigenvalue weighted by Crippen LogP contribution is -2.49. The van der Waals surface area contributed by atoms with Crippen LogP contribution in [0.1, 0.15) is 40.7 Å². The van der Waals surface area contributed by atoms with Gasteiger partial charge in [-0.25, -0.2) is 4.39 Å². The molecule has 0 saturated carbocycles. The lowest BCUT2D eigenvalue weighted by atomic mass is 9.82. The van der Waals surface area contributed by atoms with Gasteiger partial charge in [-0.1, -0.05) is 12.1 Å². The predicted octanol–water partition coefficient (Wildman–Crippen LogP) is 3.15. The van der Waals surface area contributed by atoms with Crippen LogP contribution in [0.15, 0.2) is 42.5 Å². The first-order valence-electron chi connectivity index (χ1n) is 9.15. The van der Waals surface area contributed by atoms with Crippen molar-refractivity contribution in [2.75, 3.05) is 18.5 Å². The molecule has 0 unspecified atom stereocenters. The van der Waals surface area contributed by atoms with E-state index < -0.39 is 5.54 Å². The van der Waals surface area contributed by atoms with Gasteiger partial charge in [-0.15, -0.1) is 0 Å². The molecule has 140 valence electrons. The van der Waals surface area contributed by atoms with Gasteiger partial charge in [0, 0.05) is 30.9 Å². The lowest BCUT2D eigenvalue weighted by molar-refractivity contribution is -0.116. The van der Waals surface area contributed by atoms with Crippen molar-refractivity contribution >= 4 is 17.5 Å². The summed E-state index contributed by atoms with van der Waals surface area (Å²) in [5.41, 5.74) is 2.35. The number of carbonyl (C=O) groups excluding carboxylic acids is 2. The molecule has 2 amide bonds. The van der Waals surface area contributed by atoms with Gasteiger partial charge < -0.3 is 15.4 Å². The van der Waals surface area contributed by atoms with Gasteiger partial charge >= 0.3 is 0 Å². The van der Waals surface area contributed by atoms with E-state index in [9.17, 15) is 14.0 Å². The molecule has 0 radical (unpaired) electrons. The summed E-state index contributed by atoms with van der Waals surface area (Å²) in [7, 11) is 0. The number of carbonyl (C=O) groups is 2. The molecule has 27 heavy (non-hydrogen) atoms. The van der Waals surface area contributed by atoms with E-state index in [1.165, 1.54) is 12.1 Å². The van der Waals surface area contributed by atoms with E-state index >= 15 is 0 Å². The average molecular weight is 368 g/mol. The summed E-state index contributed by atoms with van der Waals surface area (Å²) in [6.07, 6.45) is 2.21. The predicted molar refractivity (Wildman–Crippen MR) is 99.0 cm³/mol. The fourth-order valence-corrected chi connectivity index (χ4v) is 3.81. The average Bonchev–Trinajstić information content (AvgIpc) is 2.68. The van der Waals surface area contributed by atoms with Crippen LogP contribution in [0.4, 0.5) is 10.1 Å². The van der Waals surface area contributed by atoms with Gasteiger partial charge in [-0.3, -0.25) is 9.59 Å². The first-order chi connectivity index (χ1) is 13.1. The van der Waals surface area contributed by atoms with E-state index in [0.717, 1.165) is 16.8 Å². The number of ether oxygens (including phenoxy) is 1. The second-order valence-corrected chi connectivity index (χ2v) is 7.08. The molecular formula is C21H21FN2O3. The van der Waals surface area contributed by atoms with Crippen molar-refractivity contribution in [2.45, 2.75) is 31.2 Å². The number of hydrogen-bond donors (Lipinski definition) is 2. The molecule has 1 fully saturated rings. The summed E-state index contributed by atoms with van der Waals surface area (Å²) in [4.78, 5) is 24.5. The van der Waals surface area contributed by atoms with Gasteiger partial charge in [0.25, 0.3) is 5.91 Å². The van der Waals surface area contributed by atoms with Crippen LogP contribution in [0, 0.1) is 5.82 Å². The Bertz CT molecular complexity index is 891. The van der Waals surface area contributed by atoms with Gasteiger partial charge in [-0.05, 0) is 60.7 Å². The highest BCUT2D eigenvalue weighted by molar-refractivity contribution is 5.98. The van der Waals surface area contributed by atoms with Crippen LogP contribution < -0.4 is 10.6 Å². The third-order valence-corrected chi connectivity index (χ3v) is 5.34. The fraction of sp³-hybridized carbons (Fsp3) is 0.333. The van der Waals surface area contributed by atoms with E-state index in [2.05, 4.69) is 10.6 Å². The van der Waals surface area contributed by atoms with E-state index in [1.807, 2.05) is 12.1 Å². The molecule has 0 spiro atoms. The van der Waals surface area contributed by atoms with Gasteiger partial charge in [-0.2, -0.15) is 0 Å². The van der Waals surface area contributed by atoms with Crippen LogP contribution in [0.3, 0.4) is 0 Å². The number of anilines is 1. The van der Waals surface area contributed by atoms with E-state index in [0.29, 0.717) is 44.5 Å². The van der Waals surface area contributed by atoms with Crippen molar-refractivity contribution in [1.82, 2.24) is 5.32 Å². The third kappa shape index (κ3) is 3.57. The minimum Gasteiger partial charge on any atom is -0.381 e. The number of halogens is 1. The number of aryl methyl sites for hydroxylation is 1. The molecule has 0 bridgehead atoms. The van der Waals surface area contributed by atoms with Crippen molar-refractivity contribution in [2.24, 2.45) is 0 Å². The summed E-state index contributed by atoms with van der Waals surface area (Å²) in [5.74, 6) is -0.537. The van der Waals surface area contributed by atoms with Crippen molar-refractivity contribution in [3.05, 3.63) is 65.0 Å². The monoisotopic (exact) mass is 368 g/mol. The van der Waals surface area contributed by atoms with Crippen LogP contribution in [-0.2, 0) is 21.5 Å². The maximum Gasteiger partial charge on any atom is 0.251 e. The molecule has 2 N–H and O–H groups in total. The Kier molecular flexibility index (Phi) is 4.66. The highest BCUT2D eigenvalue weighted by atomic mass is 19.1. The zero-order chi connectivity index (χ0) is 18.9. The molecule has 2 aromatic carbocycles. The molecule has 6 heteroatoms. The molecule has 2 heterocycles. The highest BCUT2D eigenvalue weighted by Crippen LogP contribution is 2.33. The zero-order valence-corrected chi connectivity index (χ0v) is 14.9. The van der Waals surface area contributed by atoms with Crippen LogP contribution >= 0.6 is 0 Å². The number of fused-ring (bicyclic) bond motifs is 1. The van der Waals surface area contributed by atoms with Crippen LogP contribution in [0.5, 0.6) is 0 Å². The summed E-state index contributed by atoms with van der Waals surface area (Å²) in [6, 6.07) is 11.7. The molecule has 0 aromatic heterocycles. The van der Waals surface area contributed by atoms with Crippen molar-refractivity contribution in [3.63, 3.8) is 0 Å². The fourth-order valence-electron chi connectivity index (χ4n) is 3.81. The van der Waals surface area contributed by atoms with Gasteiger partial charge in [0.05, 0.1) is 5.54 Å². The highest BCUT2D eigenvalue weighted by Gasteiger charge is 2.36. The Morgan fingerprint density at radius 1 is 1.11 bits per heavy atom. The molecule has 4 rings (SSSR count). The van der Waals surface area contributed by atoms with Crippen LogP contribution in [0.2, 0.25) is 0 Å². The molecule has 0 aliphatic carbocycles. The SMILES string of the molecule is O=C1CCc2cc(C(=O)NC3(c4cccc(F)c4)CCOCC3)ccc2N1. The summed E-state index contributed by atoms with van der Waals surface area (Å²) < 4.78 is 19.3. The Balaban J connectivity index is 1.62. The number of nitrogens with one attached hydrogen (secondary N) is 2. The van der Waals surface area contributed by atoms with Gasteiger partial charge in [0.1, 0.15) is 5.82 Å². The van der Waals surface area contributed by atoms with Crippen molar-refractivity contribution < 1.29 is 18.7 Å². The number of hydrogen-bond acceptors (Lipinski definition) is 3. The normalized spacial score (nSPS) is 18.3. The summed E-state index contributed by atoms with van der Waals surface area (Å²) in [5, 5.41) is 5.95. The van der Waals surface area contributed by atoms with Crippen LogP contribution in [-0.4, -0.2) is 25.0 Å². The Morgan fingerprint density at radius 3 is 2.70 bits per heavy atom. The van der Waals surface area contributed by atoms with Crippen molar-refractivity contribution in [3.8, 4) is 0 Å². The van der Waals surface area contributed by atoms with Crippen molar-refractivity contribution in [1.29, 1.82) is 0 Å². The minimum absolute atomic E-state index is 0.00744. The largest absolute Gasteiger partial charge is 0.381 e. The second kappa shape index (κ2) is 7.12. The molecule has 1 saturated heterocycles. The maximum atomic E-state index is 13.8. The summed E-state index contributed by atoms with van der Waals surface area (Å²) >= 11 is 0. The third-order valence-electron chi connectivity index (χ3n) is 5.34. The molecular weight excluding hydrogens is 347 g/mol. The number of amides is 2. The standard InChI is InChI=1S/C21H21FN2O3/c22-17-3-1-2-16(13-17)21(8-10-27-11-9-21)24-20(26)15-4-6-18-14(12-15)5-7-19(25)23-18/h1-4,6,12-13H,5,7-11H2,(H,23,25)(H,24,26). The molecule has 2 aliphatic heterocycles. The van der Waals surface area contributed by atoms with Gasteiger partial charge in [0.2, 0.25) is 5.91 Å². The zero-order valence-electron chi connectivity index (χ0n) is 14.9. The Morgan fingerprint density at radius 2 is 1.93 bits per heavy atom. The second-order valence-electron chi connectivity index (χ2n) is 7.08. The Hall–Kier alpha value is -2.73. The minimum atomic E-state index is -0.651. The smallest absolute Gasteiger partial charge is 0.251 e. The quantitative estimate of drug-likeness (QED) is 0.875. The van der Waals surface area contributed by atoms with E-state index in [-0.39, 0.29) is 17.6 Å². The van der Waals surface area contributed by atoms with Crippen LogP contribution in [0.25, 0.3) is 0 Å². The lowest BCUT2D eigenvalue weighted by Gasteiger charge is -2.38. The molecule has 2 aromatic rings. The molecule has 2 aliphatic rings. The topological polar surface area (TPSA) is 67.4 Å². The van der Waals surface area contributed by atoms with E-state index in [1.54, 1.807) is 18.2 Å². The summed E-state index contributed by atoms with van der Waals surface area (Å²) in [6.45, 7) is 1.01. The van der Waals surface area contributed by atoms with E-state index in [4.69, 9.17) is 4.74 Å². The molecule has 5 nitrogen and oxygen atoms in total. The van der Waals surface area contributed by atoms with Gasteiger partial charge in [0.15, 0.2) is 0 Å². The Labute approximate surface area is 156 Å². The molecule has 0 atom stereocenters. The first-order valence-corrected chi connectivity index (χ1v) is 9.15. The first kappa shape index (κ1) is 17.7. The number of rotatable bonds is 3. The maximum absolute atomic E-state index is 13.8.